The number of halogens is 2. The molecule has 0 bridgehead atoms. The number of nitrogens with two attached hydrogens (primary N) is 1. The number of benzene rings is 2. The van der Waals surface area contributed by atoms with Crippen molar-refractivity contribution in [3.05, 3.63) is 107 Å². The highest BCUT2D eigenvalue weighted by Gasteiger charge is 2.46. The molecule has 2 saturated carbocycles. The summed E-state index contributed by atoms with van der Waals surface area (Å²) in [6, 6.07) is 16.1. The first-order chi connectivity index (χ1) is 22.7. The molecule has 0 radical (unpaired) electrons. The van der Waals surface area contributed by atoms with Crippen molar-refractivity contribution in [1.29, 1.82) is 0 Å². The molecule has 264 valence electrons. The average Bonchev–Trinajstić information content (AvgIpc) is 4.04. The van der Waals surface area contributed by atoms with E-state index in [0.29, 0.717) is 24.3 Å². The number of hydrogen-bond donors (Lipinski definition) is 1. The SMILES string of the molecule is C.CCOC(=O)c1cnc(CC2(c3ccccc3OC)CC2)nc1.CCOC(=O)c1cnc(Cl)nc1.COc1ccccc1C1(N)CC1.Cl. The smallest absolute Gasteiger partial charge is 0.341 e. The van der Waals surface area contributed by atoms with Crippen LogP contribution in [0.15, 0.2) is 73.3 Å². The first-order valence-corrected chi connectivity index (χ1v) is 15.7. The topological polar surface area (TPSA) is 149 Å². The molecule has 49 heavy (non-hydrogen) atoms. The summed E-state index contributed by atoms with van der Waals surface area (Å²) in [5.74, 6) is 1.74. The van der Waals surface area contributed by atoms with Gasteiger partial charge in [0, 0.05) is 53.3 Å². The molecule has 2 aromatic carbocycles. The van der Waals surface area contributed by atoms with Crippen LogP contribution in [-0.2, 0) is 26.8 Å². The van der Waals surface area contributed by atoms with Gasteiger partial charge in [0.2, 0.25) is 5.28 Å². The molecule has 2 aliphatic carbocycles. The van der Waals surface area contributed by atoms with Crippen LogP contribution in [0.4, 0.5) is 0 Å². The summed E-state index contributed by atoms with van der Waals surface area (Å²) in [5.41, 5.74) is 9.08. The molecule has 6 rings (SSSR count). The molecule has 2 aromatic heterocycles. The van der Waals surface area contributed by atoms with Gasteiger partial charge < -0.3 is 24.7 Å². The molecular formula is C36H45Cl2N5O6. The number of carbonyl (C=O) groups excluding carboxylic acids is 2. The number of rotatable bonds is 10. The van der Waals surface area contributed by atoms with Crippen LogP contribution in [0.3, 0.4) is 0 Å². The second kappa shape index (κ2) is 19.0. The van der Waals surface area contributed by atoms with Crippen molar-refractivity contribution in [2.24, 2.45) is 5.73 Å². The van der Waals surface area contributed by atoms with Crippen LogP contribution >= 0.6 is 24.0 Å². The van der Waals surface area contributed by atoms with E-state index in [1.54, 1.807) is 40.5 Å². The monoisotopic (exact) mass is 713 g/mol. The molecule has 13 heteroatoms. The van der Waals surface area contributed by atoms with E-state index in [1.807, 2.05) is 42.5 Å². The Morgan fingerprint density at radius 1 is 0.735 bits per heavy atom. The van der Waals surface area contributed by atoms with Gasteiger partial charge in [-0.05, 0) is 63.3 Å². The summed E-state index contributed by atoms with van der Waals surface area (Å²) < 4.78 is 20.4. The number of aromatic nitrogens is 4. The maximum absolute atomic E-state index is 11.6. The highest BCUT2D eigenvalue weighted by Crippen LogP contribution is 2.53. The van der Waals surface area contributed by atoms with E-state index < -0.39 is 5.97 Å². The van der Waals surface area contributed by atoms with Gasteiger partial charge in [-0.15, -0.1) is 12.4 Å². The second-order valence-electron chi connectivity index (χ2n) is 11.1. The van der Waals surface area contributed by atoms with Crippen molar-refractivity contribution in [1.82, 2.24) is 19.9 Å². The molecule has 0 aliphatic heterocycles. The molecule has 0 saturated heterocycles. The summed E-state index contributed by atoms with van der Waals surface area (Å²) in [7, 11) is 3.38. The van der Waals surface area contributed by atoms with Crippen LogP contribution in [0.5, 0.6) is 11.5 Å². The number of para-hydroxylation sites is 2. The number of hydrogen-bond acceptors (Lipinski definition) is 11. The zero-order valence-electron chi connectivity index (χ0n) is 27.5. The van der Waals surface area contributed by atoms with Gasteiger partial charge in [-0.2, -0.15) is 0 Å². The van der Waals surface area contributed by atoms with Crippen molar-refractivity contribution < 1.29 is 28.5 Å². The largest absolute Gasteiger partial charge is 0.496 e. The molecule has 0 amide bonds. The zero-order chi connectivity index (χ0) is 33.9. The van der Waals surface area contributed by atoms with Gasteiger partial charge in [0.1, 0.15) is 17.3 Å². The number of nitrogens with zero attached hydrogens (tertiary/aromatic N) is 4. The van der Waals surface area contributed by atoms with Gasteiger partial charge >= 0.3 is 11.9 Å². The highest BCUT2D eigenvalue weighted by molar-refractivity contribution is 6.28. The standard InChI is InChI=1S/C18H20N2O3.C10H13NO.C7H7ClN2O2.CH4.ClH/c1-3-23-17(21)13-11-19-16(20-12-13)10-18(8-9-18)14-6-4-5-7-15(14)22-2;1-12-9-5-3-2-4-8(9)10(11)6-7-10;1-2-12-6(11)5-3-9-7(8)10-4-5;;/h4-7,11-12H,3,8-10H2,1-2H3;2-5H,6-7,11H2,1H3;3-4H,2H2,1H3;1H4;1H. The van der Waals surface area contributed by atoms with Gasteiger partial charge in [0.25, 0.3) is 0 Å². The minimum atomic E-state index is -0.436. The lowest BCUT2D eigenvalue weighted by atomic mass is 9.91. The molecule has 11 nitrogen and oxygen atoms in total. The first kappa shape index (κ1) is 40.9. The normalized spacial score (nSPS) is 14.0. The third kappa shape index (κ3) is 11.1. The quantitative estimate of drug-likeness (QED) is 0.134. The summed E-state index contributed by atoms with van der Waals surface area (Å²) in [4.78, 5) is 38.6. The number of esters is 2. The van der Waals surface area contributed by atoms with Gasteiger partial charge in [-0.25, -0.2) is 29.5 Å². The average molecular weight is 715 g/mol. The number of ether oxygens (including phenoxy) is 4. The lowest BCUT2D eigenvalue weighted by molar-refractivity contribution is 0.0515. The second-order valence-corrected chi connectivity index (χ2v) is 11.4. The van der Waals surface area contributed by atoms with E-state index in [1.165, 1.54) is 18.0 Å². The van der Waals surface area contributed by atoms with E-state index >= 15 is 0 Å². The Hall–Kier alpha value is -4.32. The minimum Gasteiger partial charge on any atom is -0.496 e. The van der Waals surface area contributed by atoms with Crippen molar-refractivity contribution in [3.8, 4) is 11.5 Å². The van der Waals surface area contributed by atoms with E-state index in [4.69, 9.17) is 36.3 Å². The van der Waals surface area contributed by atoms with Crippen LogP contribution in [-0.4, -0.2) is 59.3 Å². The Morgan fingerprint density at radius 2 is 1.16 bits per heavy atom. The summed E-state index contributed by atoms with van der Waals surface area (Å²) in [5, 5.41) is 0.114. The molecule has 2 N–H and O–H groups in total. The maximum Gasteiger partial charge on any atom is 0.341 e. The lowest BCUT2D eigenvalue weighted by Crippen LogP contribution is -2.19. The van der Waals surface area contributed by atoms with Crippen molar-refractivity contribution in [2.75, 3.05) is 27.4 Å². The predicted octanol–water partition coefficient (Wildman–Crippen LogP) is 6.94. The molecule has 0 atom stereocenters. The summed E-state index contributed by atoms with van der Waals surface area (Å²) in [6.45, 7) is 4.19. The maximum atomic E-state index is 11.6. The molecular weight excluding hydrogens is 669 g/mol. The Bertz CT molecular complexity index is 1630. The Morgan fingerprint density at radius 3 is 1.59 bits per heavy atom. The Balaban J connectivity index is 0.000000273. The van der Waals surface area contributed by atoms with Crippen LogP contribution in [0.2, 0.25) is 5.28 Å². The fourth-order valence-electron chi connectivity index (χ4n) is 4.94. The van der Waals surface area contributed by atoms with Crippen LogP contribution in [0.25, 0.3) is 0 Å². The summed E-state index contributed by atoms with van der Waals surface area (Å²) in [6.07, 6.45) is 10.8. The van der Waals surface area contributed by atoms with E-state index in [-0.39, 0.29) is 42.0 Å². The molecule has 2 aliphatic rings. The van der Waals surface area contributed by atoms with Crippen LogP contribution < -0.4 is 15.2 Å². The Labute approximate surface area is 299 Å². The zero-order valence-corrected chi connectivity index (χ0v) is 29.1. The Kier molecular flexibility index (Phi) is 15.9. The van der Waals surface area contributed by atoms with Crippen molar-refractivity contribution in [3.63, 3.8) is 0 Å². The number of methoxy groups -OCH3 is 2. The molecule has 2 fully saturated rings. The van der Waals surface area contributed by atoms with Crippen LogP contribution in [0, 0.1) is 0 Å². The van der Waals surface area contributed by atoms with Crippen molar-refractivity contribution >= 4 is 35.9 Å². The fourth-order valence-corrected chi connectivity index (χ4v) is 5.03. The highest BCUT2D eigenvalue weighted by atomic mass is 35.5. The van der Waals surface area contributed by atoms with Crippen molar-refractivity contribution in [2.45, 2.75) is 64.3 Å². The lowest BCUT2D eigenvalue weighted by Gasteiger charge is -2.18. The minimum absolute atomic E-state index is 0. The van der Waals surface area contributed by atoms with Gasteiger partial charge in [-0.1, -0.05) is 43.8 Å². The van der Waals surface area contributed by atoms with Crippen LogP contribution in [0.1, 0.15) is 84.6 Å². The molecule has 2 heterocycles. The number of carbonyl (C=O) groups is 2. The predicted molar refractivity (Wildman–Crippen MR) is 191 cm³/mol. The van der Waals surface area contributed by atoms with Gasteiger partial charge in [0.15, 0.2) is 0 Å². The molecule has 0 unspecified atom stereocenters. The van der Waals surface area contributed by atoms with Gasteiger partial charge in [-0.3, -0.25) is 0 Å². The third-order valence-corrected chi connectivity index (χ3v) is 8.00. The van der Waals surface area contributed by atoms with E-state index in [9.17, 15) is 9.59 Å². The third-order valence-electron chi connectivity index (χ3n) is 7.81. The molecule has 0 spiro atoms. The fraction of sp³-hybridized carbons (Fsp3) is 0.389. The van der Waals surface area contributed by atoms with E-state index in [2.05, 4.69) is 26.0 Å². The first-order valence-electron chi connectivity index (χ1n) is 15.4. The summed E-state index contributed by atoms with van der Waals surface area (Å²) >= 11 is 5.42. The van der Waals surface area contributed by atoms with Gasteiger partial charge in [0.05, 0.1) is 38.6 Å². The molecule has 4 aromatic rings. The van der Waals surface area contributed by atoms with E-state index in [0.717, 1.165) is 55.0 Å².